The first kappa shape index (κ1) is 26.6. The average Bonchev–Trinajstić information content (AvgIpc) is 3.48. The van der Waals surface area contributed by atoms with E-state index < -0.39 is 6.17 Å². The Kier molecular flexibility index (Phi) is 7.67. The molecule has 198 valence electrons. The molecule has 6 unspecified atom stereocenters. The van der Waals surface area contributed by atoms with Crippen molar-refractivity contribution in [1.29, 1.82) is 5.26 Å². The van der Waals surface area contributed by atoms with Crippen LogP contribution in [0, 0.1) is 29.1 Å². The van der Waals surface area contributed by atoms with E-state index in [0.29, 0.717) is 41.9 Å². The van der Waals surface area contributed by atoms with E-state index in [9.17, 15) is 14.9 Å². The molecule has 5 aliphatic rings. The summed E-state index contributed by atoms with van der Waals surface area (Å²) in [5.74, 6) is 0.460. The summed E-state index contributed by atoms with van der Waals surface area (Å²) < 4.78 is 15.5. The van der Waals surface area contributed by atoms with Crippen molar-refractivity contribution in [3.05, 3.63) is 46.7 Å². The van der Waals surface area contributed by atoms with Gasteiger partial charge in [-0.2, -0.15) is 5.26 Å². The van der Waals surface area contributed by atoms with Gasteiger partial charge in [0.2, 0.25) is 5.91 Å². The van der Waals surface area contributed by atoms with Crippen LogP contribution in [0.5, 0.6) is 0 Å². The number of ketones is 1. The van der Waals surface area contributed by atoms with Gasteiger partial charge in [0.15, 0.2) is 6.17 Å². The second-order valence-electron chi connectivity index (χ2n) is 10.8. The lowest BCUT2D eigenvalue weighted by Gasteiger charge is -2.33. The number of nitriles is 1. The lowest BCUT2D eigenvalue weighted by atomic mass is 9.80. The number of benzene rings is 1. The first-order valence-electron chi connectivity index (χ1n) is 13.4. The number of alkyl halides is 1. The molecule has 6 nitrogen and oxygen atoms in total. The number of aliphatic imine (C=N–C) groups is 2. The van der Waals surface area contributed by atoms with Crippen LogP contribution in [-0.4, -0.2) is 46.8 Å². The van der Waals surface area contributed by atoms with Gasteiger partial charge in [-0.25, -0.2) is 4.39 Å². The van der Waals surface area contributed by atoms with Crippen LogP contribution in [0.4, 0.5) is 10.1 Å². The zero-order valence-corrected chi connectivity index (χ0v) is 22.9. The molecule has 0 radical (unpaired) electrons. The Bertz CT molecular complexity index is 1320. The fourth-order valence-electron chi connectivity index (χ4n) is 6.38. The number of carbonyl (C=O) groups is 2. The molecule has 3 heterocycles. The fraction of sp³-hybridized carbons (Fsp3) is 0.500. The standard InChI is InChI=1S/C30H33FN4O2S/c1-4-26(36)29-20-10-21-27(12-20)38-15-28(37)34-25-11-18(6-7-19(25)13-32)17(3)9-24-16(2)5-8-23(35-30(21)29)22(31)14-33-24/h6-7,9,11,14,20-22,27,29-30H,4-5,8,10,12,15H2,1-3H3,(H,34,37)/b17-9-,24-16?,33-14?,35-23?. The molecule has 0 aromatic heterocycles. The third kappa shape index (κ3) is 5.13. The third-order valence-electron chi connectivity index (χ3n) is 8.44. The van der Waals surface area contributed by atoms with Gasteiger partial charge in [0.25, 0.3) is 0 Å². The Hall–Kier alpha value is -3.05. The highest BCUT2D eigenvalue weighted by Gasteiger charge is 2.55. The van der Waals surface area contributed by atoms with Gasteiger partial charge in [0, 0.05) is 23.8 Å². The van der Waals surface area contributed by atoms with E-state index >= 15 is 4.39 Å². The van der Waals surface area contributed by atoms with Crippen molar-refractivity contribution in [3.63, 3.8) is 0 Å². The number of thioether (sulfide) groups is 1. The molecule has 2 saturated carbocycles. The predicted molar refractivity (Wildman–Crippen MR) is 151 cm³/mol. The summed E-state index contributed by atoms with van der Waals surface area (Å²) in [6.07, 6.45) is 5.18. The summed E-state index contributed by atoms with van der Waals surface area (Å²) in [7, 11) is 0. The molecule has 1 N–H and O–H groups in total. The molecule has 2 fully saturated rings. The first-order chi connectivity index (χ1) is 18.3. The first-order valence-corrected chi connectivity index (χ1v) is 14.5. The Morgan fingerprint density at radius 1 is 1.26 bits per heavy atom. The van der Waals surface area contributed by atoms with E-state index in [1.807, 2.05) is 39.0 Å². The molecule has 1 aromatic rings. The van der Waals surface area contributed by atoms with Gasteiger partial charge in [0.1, 0.15) is 11.9 Å². The Morgan fingerprint density at radius 2 is 2.08 bits per heavy atom. The Labute approximate surface area is 227 Å². The minimum atomic E-state index is -1.40. The molecule has 0 spiro atoms. The minimum Gasteiger partial charge on any atom is -0.324 e. The molecular weight excluding hydrogens is 499 g/mol. The zero-order chi connectivity index (χ0) is 27.0. The summed E-state index contributed by atoms with van der Waals surface area (Å²) in [4.78, 5) is 35.4. The molecule has 6 atom stereocenters. The van der Waals surface area contributed by atoms with Crippen molar-refractivity contribution in [1.82, 2.24) is 0 Å². The normalized spacial score (nSPS) is 32.4. The predicted octanol–water partition coefficient (Wildman–Crippen LogP) is 5.94. The quantitative estimate of drug-likeness (QED) is 0.510. The van der Waals surface area contributed by atoms with Gasteiger partial charge in [-0.1, -0.05) is 13.0 Å². The fourth-order valence-corrected chi connectivity index (χ4v) is 7.72. The third-order valence-corrected chi connectivity index (χ3v) is 9.84. The monoisotopic (exact) mass is 532 g/mol. The summed E-state index contributed by atoms with van der Waals surface area (Å²) in [5, 5.41) is 12.7. The highest BCUT2D eigenvalue weighted by molar-refractivity contribution is 8.00. The molecule has 8 heteroatoms. The molecular formula is C30H33FN4O2S. The topological polar surface area (TPSA) is 94.7 Å². The van der Waals surface area contributed by atoms with E-state index in [4.69, 9.17) is 4.99 Å². The van der Waals surface area contributed by atoms with Gasteiger partial charge in [-0.05, 0) is 86.3 Å². The van der Waals surface area contributed by atoms with Gasteiger partial charge in [-0.3, -0.25) is 19.6 Å². The van der Waals surface area contributed by atoms with Crippen LogP contribution >= 0.6 is 11.8 Å². The minimum absolute atomic E-state index is 0.134. The zero-order valence-electron chi connectivity index (χ0n) is 22.0. The maximum atomic E-state index is 15.5. The number of Topliss-reactive ketones (excluding diaryl/α,β-unsaturated/α-hetero) is 1. The number of hydrogen-bond donors (Lipinski definition) is 1. The maximum absolute atomic E-state index is 15.5. The van der Waals surface area contributed by atoms with Crippen LogP contribution < -0.4 is 5.32 Å². The van der Waals surface area contributed by atoms with Gasteiger partial charge in [0.05, 0.1) is 34.5 Å². The number of fused-ring (bicyclic) bond motifs is 7. The Balaban J connectivity index is 1.58. The van der Waals surface area contributed by atoms with E-state index in [2.05, 4.69) is 16.4 Å². The number of hydrogen-bond acceptors (Lipinski definition) is 6. The van der Waals surface area contributed by atoms with Crippen molar-refractivity contribution in [2.45, 2.75) is 70.3 Å². The summed E-state index contributed by atoms with van der Waals surface area (Å²) >= 11 is 1.59. The van der Waals surface area contributed by atoms with E-state index in [-0.39, 0.29) is 46.5 Å². The van der Waals surface area contributed by atoms with Crippen molar-refractivity contribution in [2.75, 3.05) is 11.1 Å². The SMILES string of the molecule is CCC(=O)C1C2CC3SCC(=O)Nc4cc(ccc4C#N)/C(C)=C\C4=C(C)CCC(=NC1C3C2)C(F)C=N4. The van der Waals surface area contributed by atoms with Crippen molar-refractivity contribution in [3.8, 4) is 6.07 Å². The molecule has 38 heavy (non-hydrogen) atoms. The molecule has 6 bridgehead atoms. The number of amides is 1. The van der Waals surface area contributed by atoms with Gasteiger partial charge in [-0.15, -0.1) is 11.8 Å². The largest absolute Gasteiger partial charge is 0.324 e. The van der Waals surface area contributed by atoms with Crippen molar-refractivity contribution >= 4 is 46.6 Å². The molecule has 6 rings (SSSR count). The molecule has 2 aliphatic carbocycles. The van der Waals surface area contributed by atoms with Crippen LogP contribution in [-0.2, 0) is 9.59 Å². The van der Waals surface area contributed by atoms with Crippen LogP contribution in [0.25, 0.3) is 5.57 Å². The van der Waals surface area contributed by atoms with E-state index in [0.717, 1.165) is 29.6 Å². The summed E-state index contributed by atoms with van der Waals surface area (Å²) in [6, 6.07) is 7.28. The Morgan fingerprint density at radius 3 is 2.84 bits per heavy atom. The summed E-state index contributed by atoms with van der Waals surface area (Å²) in [5.41, 5.74) is 4.84. The van der Waals surface area contributed by atoms with Crippen LogP contribution in [0.2, 0.25) is 0 Å². The van der Waals surface area contributed by atoms with Crippen molar-refractivity contribution < 1.29 is 14.0 Å². The number of carbonyl (C=O) groups excluding carboxylic acids is 2. The van der Waals surface area contributed by atoms with Gasteiger partial charge < -0.3 is 5.32 Å². The van der Waals surface area contributed by atoms with E-state index in [1.165, 1.54) is 6.21 Å². The van der Waals surface area contributed by atoms with Crippen LogP contribution in [0.3, 0.4) is 0 Å². The molecule has 3 aliphatic heterocycles. The van der Waals surface area contributed by atoms with Crippen LogP contribution in [0.1, 0.15) is 64.0 Å². The number of anilines is 1. The lowest BCUT2D eigenvalue weighted by molar-refractivity contribution is -0.124. The number of rotatable bonds is 2. The van der Waals surface area contributed by atoms with Gasteiger partial charge >= 0.3 is 0 Å². The number of halogens is 1. The highest BCUT2D eigenvalue weighted by atomic mass is 32.2. The maximum Gasteiger partial charge on any atom is 0.234 e. The highest BCUT2D eigenvalue weighted by Crippen LogP contribution is 2.54. The van der Waals surface area contributed by atoms with Crippen molar-refractivity contribution in [2.24, 2.45) is 27.7 Å². The second-order valence-corrected chi connectivity index (χ2v) is 12.0. The van der Waals surface area contributed by atoms with E-state index in [1.54, 1.807) is 17.8 Å². The molecule has 1 aromatic carbocycles. The number of allylic oxidation sites excluding steroid dienone is 3. The molecule has 0 saturated heterocycles. The summed E-state index contributed by atoms with van der Waals surface area (Å²) in [6.45, 7) is 5.83. The van der Waals surface area contributed by atoms with Crippen LogP contribution in [0.15, 0.2) is 45.5 Å². The lowest BCUT2D eigenvalue weighted by Crippen LogP contribution is -2.39. The number of nitrogens with zero attached hydrogens (tertiary/aromatic N) is 3. The average molecular weight is 533 g/mol. The number of nitrogens with one attached hydrogen (secondary N) is 1. The smallest absolute Gasteiger partial charge is 0.234 e. The molecule has 1 amide bonds. The second kappa shape index (κ2) is 11.0.